The molecular formula is C28H29F5N8O3. The number of hydrogen-bond acceptors (Lipinski definition) is 9. The van der Waals surface area contributed by atoms with Gasteiger partial charge < -0.3 is 19.7 Å². The predicted octanol–water partition coefficient (Wildman–Crippen LogP) is 4.28. The fourth-order valence-electron chi connectivity index (χ4n) is 4.71. The Bertz CT molecular complexity index is 1620. The van der Waals surface area contributed by atoms with Gasteiger partial charge in [0.2, 0.25) is 5.95 Å². The molecule has 0 bridgehead atoms. The molecule has 1 N–H and O–H groups in total. The standard InChI is InChI=1S/C28H29F5N8O3/c1-17(37-23-12-36-41(26(42)24(23)28(31,32)33)13-18-3-5-22(43-2)6-4-18)15-44-16-20-9-21-14-39(7-8-40(21)38-20)27-34-10-19(11-35-27)25(29)30/h3-6,9-12,17,25,37H,7-8,13-16H2,1-2H3/t17-/m0/s1. The Hall–Kier alpha value is -4.60. The van der Waals surface area contributed by atoms with Gasteiger partial charge in [0.05, 0.1) is 68.8 Å². The maximum absolute atomic E-state index is 14.0. The minimum atomic E-state index is -4.91. The van der Waals surface area contributed by atoms with E-state index in [0.717, 1.165) is 29.0 Å². The van der Waals surface area contributed by atoms with E-state index in [4.69, 9.17) is 9.47 Å². The number of aromatic nitrogens is 6. The summed E-state index contributed by atoms with van der Waals surface area (Å²) >= 11 is 0. The highest BCUT2D eigenvalue weighted by Gasteiger charge is 2.38. The van der Waals surface area contributed by atoms with E-state index < -0.39 is 35.5 Å². The molecule has 1 aromatic carbocycles. The van der Waals surface area contributed by atoms with Gasteiger partial charge in [-0.25, -0.2) is 23.4 Å². The zero-order chi connectivity index (χ0) is 31.4. The number of rotatable bonds is 11. The molecule has 0 amide bonds. The summed E-state index contributed by atoms with van der Waals surface area (Å²) in [5.74, 6) is 0.910. The molecule has 1 aliphatic heterocycles. The van der Waals surface area contributed by atoms with E-state index in [0.29, 0.717) is 42.6 Å². The van der Waals surface area contributed by atoms with E-state index in [1.165, 1.54) is 7.11 Å². The first kappa shape index (κ1) is 30.8. The van der Waals surface area contributed by atoms with Gasteiger partial charge in [0.25, 0.3) is 12.0 Å². The summed E-state index contributed by atoms with van der Waals surface area (Å²) in [6.45, 7) is 3.05. The van der Waals surface area contributed by atoms with Crippen LogP contribution in [0.15, 0.2) is 53.7 Å². The summed E-state index contributed by atoms with van der Waals surface area (Å²) in [7, 11) is 1.49. The average molecular weight is 621 g/mol. The molecule has 4 heterocycles. The number of halogens is 5. The van der Waals surface area contributed by atoms with Gasteiger partial charge in [0.1, 0.15) is 11.3 Å². The number of benzene rings is 1. The fraction of sp³-hybridized carbons (Fsp3) is 0.393. The Morgan fingerprint density at radius 3 is 2.45 bits per heavy atom. The summed E-state index contributed by atoms with van der Waals surface area (Å²) in [4.78, 5) is 22.7. The Labute approximate surface area is 248 Å². The highest BCUT2D eigenvalue weighted by molar-refractivity contribution is 5.50. The van der Waals surface area contributed by atoms with Crippen molar-refractivity contribution in [3.63, 3.8) is 0 Å². The van der Waals surface area contributed by atoms with E-state index in [1.54, 1.807) is 35.9 Å². The first-order chi connectivity index (χ1) is 21.0. The van der Waals surface area contributed by atoms with Gasteiger partial charge in [-0.05, 0) is 30.7 Å². The third-order valence-electron chi connectivity index (χ3n) is 6.88. The lowest BCUT2D eigenvalue weighted by molar-refractivity contribution is -0.138. The average Bonchev–Trinajstić information content (AvgIpc) is 3.40. The molecule has 0 unspecified atom stereocenters. The number of hydrogen-bond donors (Lipinski definition) is 1. The van der Waals surface area contributed by atoms with Crippen molar-refractivity contribution in [1.82, 2.24) is 29.5 Å². The lowest BCUT2D eigenvalue weighted by Crippen LogP contribution is -2.34. The van der Waals surface area contributed by atoms with E-state index in [-0.39, 0.29) is 25.3 Å². The van der Waals surface area contributed by atoms with Crippen molar-refractivity contribution >= 4 is 11.6 Å². The maximum Gasteiger partial charge on any atom is 0.423 e. The molecule has 0 aliphatic carbocycles. The predicted molar refractivity (Wildman–Crippen MR) is 149 cm³/mol. The second kappa shape index (κ2) is 13.0. The molecular weight excluding hydrogens is 591 g/mol. The molecule has 0 fully saturated rings. The Kier molecular flexibility index (Phi) is 9.08. The molecule has 11 nitrogen and oxygen atoms in total. The number of nitrogens with zero attached hydrogens (tertiary/aromatic N) is 7. The molecule has 0 spiro atoms. The number of alkyl halides is 5. The Morgan fingerprint density at radius 2 is 1.80 bits per heavy atom. The smallest absolute Gasteiger partial charge is 0.423 e. The number of fused-ring (bicyclic) bond motifs is 1. The van der Waals surface area contributed by atoms with Crippen LogP contribution < -0.4 is 20.5 Å². The second-order valence-corrected chi connectivity index (χ2v) is 10.2. The summed E-state index contributed by atoms with van der Waals surface area (Å²) < 4.78 is 80.9. The molecule has 234 valence electrons. The van der Waals surface area contributed by atoms with Crippen LogP contribution in [0, 0.1) is 0 Å². The quantitative estimate of drug-likeness (QED) is 0.246. The first-order valence-corrected chi connectivity index (χ1v) is 13.6. The molecule has 0 radical (unpaired) electrons. The van der Waals surface area contributed by atoms with Crippen LogP contribution in [0.5, 0.6) is 5.75 Å². The van der Waals surface area contributed by atoms with E-state index >= 15 is 0 Å². The minimum Gasteiger partial charge on any atom is -0.497 e. The molecule has 44 heavy (non-hydrogen) atoms. The fourth-order valence-corrected chi connectivity index (χ4v) is 4.71. The van der Waals surface area contributed by atoms with Gasteiger partial charge in [-0.3, -0.25) is 9.48 Å². The van der Waals surface area contributed by atoms with E-state index in [9.17, 15) is 26.7 Å². The molecule has 0 saturated heterocycles. The summed E-state index contributed by atoms with van der Waals surface area (Å²) in [5.41, 5.74) is -1.25. The van der Waals surface area contributed by atoms with Gasteiger partial charge in [0.15, 0.2) is 0 Å². The van der Waals surface area contributed by atoms with Gasteiger partial charge >= 0.3 is 6.18 Å². The van der Waals surface area contributed by atoms with Gasteiger partial charge in [-0.2, -0.15) is 23.4 Å². The maximum atomic E-state index is 14.0. The molecule has 3 aromatic heterocycles. The lowest BCUT2D eigenvalue weighted by Gasteiger charge is -2.27. The third-order valence-corrected chi connectivity index (χ3v) is 6.88. The van der Waals surface area contributed by atoms with E-state index in [1.807, 2.05) is 11.0 Å². The molecule has 1 aliphatic rings. The highest BCUT2D eigenvalue weighted by Crippen LogP contribution is 2.32. The monoisotopic (exact) mass is 620 g/mol. The second-order valence-electron chi connectivity index (χ2n) is 10.2. The van der Waals surface area contributed by atoms with Crippen molar-refractivity contribution < 1.29 is 31.4 Å². The third kappa shape index (κ3) is 7.12. The van der Waals surface area contributed by atoms with Crippen LogP contribution >= 0.6 is 0 Å². The highest BCUT2D eigenvalue weighted by atomic mass is 19.4. The van der Waals surface area contributed by atoms with Crippen molar-refractivity contribution in [2.45, 2.75) is 51.8 Å². The van der Waals surface area contributed by atoms with Crippen LogP contribution in [0.25, 0.3) is 0 Å². The lowest BCUT2D eigenvalue weighted by atomic mass is 10.2. The van der Waals surface area contributed by atoms with Crippen molar-refractivity contribution in [3.8, 4) is 5.75 Å². The minimum absolute atomic E-state index is 0.0187. The summed E-state index contributed by atoms with van der Waals surface area (Å²) in [6.07, 6.45) is -4.35. The zero-order valence-corrected chi connectivity index (χ0v) is 23.8. The molecule has 4 aromatic rings. The Morgan fingerprint density at radius 1 is 1.07 bits per heavy atom. The molecule has 16 heteroatoms. The van der Waals surface area contributed by atoms with Crippen molar-refractivity contribution in [1.29, 1.82) is 0 Å². The SMILES string of the molecule is COc1ccc(Cn2ncc(N[C@@H](C)COCc3cc4n(n3)CCN(c3ncc(C(F)F)cn3)C4)c(C(F)(F)F)c2=O)cc1. The normalized spacial score (nSPS) is 14.0. The van der Waals surface area contributed by atoms with Crippen LogP contribution in [0.3, 0.4) is 0 Å². The zero-order valence-electron chi connectivity index (χ0n) is 23.8. The molecule has 0 saturated carbocycles. The van der Waals surface area contributed by atoms with Gasteiger partial charge in [0, 0.05) is 25.0 Å². The number of anilines is 2. The van der Waals surface area contributed by atoms with Crippen LogP contribution in [0.4, 0.5) is 33.6 Å². The number of nitrogens with one attached hydrogen (secondary N) is 1. The van der Waals surface area contributed by atoms with Crippen molar-refractivity contribution in [2.75, 3.05) is 30.5 Å². The van der Waals surface area contributed by atoms with E-state index in [2.05, 4.69) is 25.5 Å². The Balaban J connectivity index is 1.18. The largest absolute Gasteiger partial charge is 0.497 e. The van der Waals surface area contributed by atoms with Crippen molar-refractivity contribution in [3.05, 3.63) is 87.4 Å². The van der Waals surface area contributed by atoms with Crippen LogP contribution in [-0.2, 0) is 37.2 Å². The summed E-state index contributed by atoms with van der Waals surface area (Å²) in [6, 6.07) is 7.80. The number of ether oxygens (including phenoxy) is 2. The van der Waals surface area contributed by atoms with Crippen LogP contribution in [-0.4, -0.2) is 55.8 Å². The topological polar surface area (TPSA) is 112 Å². The van der Waals surface area contributed by atoms with Crippen LogP contribution in [0.1, 0.15) is 41.4 Å². The van der Waals surface area contributed by atoms with Crippen molar-refractivity contribution in [2.24, 2.45) is 0 Å². The number of methoxy groups -OCH3 is 1. The van der Waals surface area contributed by atoms with Gasteiger partial charge in [-0.1, -0.05) is 12.1 Å². The summed E-state index contributed by atoms with van der Waals surface area (Å²) in [5, 5.41) is 11.2. The van der Waals surface area contributed by atoms with Gasteiger partial charge in [-0.15, -0.1) is 0 Å². The first-order valence-electron chi connectivity index (χ1n) is 13.6. The molecule has 1 atom stereocenters. The molecule has 5 rings (SSSR count). The van der Waals surface area contributed by atoms with Crippen LogP contribution in [0.2, 0.25) is 0 Å².